The number of nitrogens with zero attached hydrogens (tertiary/aromatic N) is 1. The number of halogens is 1. The van der Waals surface area contributed by atoms with Gasteiger partial charge in [-0.05, 0) is 22.9 Å². The van der Waals surface area contributed by atoms with Crippen LogP contribution in [0.5, 0.6) is 11.5 Å². The van der Waals surface area contributed by atoms with Crippen molar-refractivity contribution in [2.45, 2.75) is 6.92 Å². The van der Waals surface area contributed by atoms with Crippen molar-refractivity contribution >= 4 is 21.8 Å². The molecule has 0 aliphatic carbocycles. The molecule has 0 aliphatic heterocycles. The second-order valence-electron chi connectivity index (χ2n) is 2.62. The molecule has 0 aromatic carbocycles. The highest BCUT2D eigenvalue weighted by Crippen LogP contribution is 2.35. The van der Waals surface area contributed by atoms with Gasteiger partial charge in [-0.15, -0.1) is 0 Å². The summed E-state index contributed by atoms with van der Waals surface area (Å²) >= 11 is 3.08. The van der Waals surface area contributed by atoms with Gasteiger partial charge in [0.05, 0.1) is 10.2 Å². The lowest BCUT2D eigenvalue weighted by Crippen LogP contribution is -2.20. The minimum atomic E-state index is -0.608. The number of aromatic hydroxyl groups is 1. The topological polar surface area (TPSA) is 85.4 Å². The standard InChI is InChI=1S/C8H9BrN2O3/c1-4-8(14-3-6(10)12)7(13)5(9)2-11-4/h2H,3H2,1H3,(H2,10,12)(H,11,13). The van der Waals surface area contributed by atoms with Gasteiger partial charge < -0.3 is 15.6 Å². The fraction of sp³-hybridized carbons (Fsp3) is 0.250. The van der Waals surface area contributed by atoms with Gasteiger partial charge in [-0.2, -0.15) is 0 Å². The second-order valence-corrected chi connectivity index (χ2v) is 3.48. The molecule has 1 aromatic rings. The first-order valence-corrected chi connectivity index (χ1v) is 4.57. The number of primary amides is 1. The summed E-state index contributed by atoms with van der Waals surface area (Å²) in [6.45, 7) is 1.37. The lowest BCUT2D eigenvalue weighted by molar-refractivity contribution is -0.119. The van der Waals surface area contributed by atoms with Crippen molar-refractivity contribution in [1.29, 1.82) is 0 Å². The van der Waals surface area contributed by atoms with Crippen LogP contribution in [0.4, 0.5) is 0 Å². The SMILES string of the molecule is Cc1ncc(Br)c(O)c1OCC(N)=O. The van der Waals surface area contributed by atoms with Gasteiger partial charge in [0.25, 0.3) is 5.91 Å². The van der Waals surface area contributed by atoms with Crippen LogP contribution in [0.25, 0.3) is 0 Å². The number of carbonyl (C=O) groups excluding carboxylic acids is 1. The molecule has 0 radical (unpaired) electrons. The molecule has 1 heterocycles. The predicted molar refractivity (Wildman–Crippen MR) is 53.0 cm³/mol. The minimum absolute atomic E-state index is 0.0845. The summed E-state index contributed by atoms with van der Waals surface area (Å²) in [7, 11) is 0. The van der Waals surface area contributed by atoms with Crippen LogP contribution >= 0.6 is 15.9 Å². The summed E-state index contributed by atoms with van der Waals surface area (Å²) in [4.78, 5) is 14.4. The van der Waals surface area contributed by atoms with Crippen LogP contribution < -0.4 is 10.5 Å². The van der Waals surface area contributed by atoms with E-state index in [4.69, 9.17) is 10.5 Å². The van der Waals surface area contributed by atoms with Gasteiger partial charge in [-0.3, -0.25) is 9.78 Å². The summed E-state index contributed by atoms with van der Waals surface area (Å²) in [6.07, 6.45) is 1.45. The van der Waals surface area contributed by atoms with Crippen molar-refractivity contribution in [2.75, 3.05) is 6.61 Å². The van der Waals surface area contributed by atoms with Crippen molar-refractivity contribution in [2.24, 2.45) is 5.73 Å². The summed E-state index contributed by atoms with van der Waals surface area (Å²) in [5.74, 6) is -0.527. The lowest BCUT2D eigenvalue weighted by Gasteiger charge is -2.09. The van der Waals surface area contributed by atoms with Gasteiger partial charge in [0.2, 0.25) is 0 Å². The molecule has 1 aromatic heterocycles. The molecule has 0 bridgehead atoms. The molecule has 0 atom stereocenters. The highest BCUT2D eigenvalue weighted by Gasteiger charge is 2.11. The maximum absolute atomic E-state index is 10.5. The third kappa shape index (κ3) is 2.35. The van der Waals surface area contributed by atoms with Gasteiger partial charge in [-0.25, -0.2) is 0 Å². The van der Waals surface area contributed by atoms with Gasteiger partial charge >= 0.3 is 0 Å². The summed E-state index contributed by atoms with van der Waals surface area (Å²) in [5, 5.41) is 9.53. The smallest absolute Gasteiger partial charge is 0.255 e. The van der Waals surface area contributed by atoms with E-state index in [1.165, 1.54) is 6.20 Å². The Morgan fingerprint density at radius 3 is 3.00 bits per heavy atom. The fourth-order valence-electron chi connectivity index (χ4n) is 0.869. The fourth-order valence-corrected chi connectivity index (χ4v) is 1.15. The first-order chi connectivity index (χ1) is 6.52. The highest BCUT2D eigenvalue weighted by molar-refractivity contribution is 9.10. The number of pyridine rings is 1. The van der Waals surface area contributed by atoms with Crippen molar-refractivity contribution in [3.63, 3.8) is 0 Å². The Morgan fingerprint density at radius 2 is 2.43 bits per heavy atom. The summed E-state index contributed by atoms with van der Waals surface area (Å²) < 4.78 is 5.40. The zero-order valence-electron chi connectivity index (χ0n) is 7.45. The summed E-state index contributed by atoms with van der Waals surface area (Å²) in [5.41, 5.74) is 5.39. The van der Waals surface area contributed by atoms with Crippen LogP contribution in [0.1, 0.15) is 5.69 Å². The molecule has 0 aliphatic rings. The Morgan fingerprint density at radius 1 is 1.79 bits per heavy atom. The number of ether oxygens (including phenoxy) is 1. The van der Waals surface area contributed by atoms with E-state index in [-0.39, 0.29) is 18.1 Å². The Hall–Kier alpha value is -1.30. The Kier molecular flexibility index (Phi) is 3.29. The molecule has 3 N–H and O–H groups in total. The van der Waals surface area contributed by atoms with E-state index >= 15 is 0 Å². The molecule has 0 spiro atoms. The number of amides is 1. The zero-order valence-corrected chi connectivity index (χ0v) is 9.04. The molecular formula is C8H9BrN2O3. The number of hydrogen-bond donors (Lipinski definition) is 2. The van der Waals surface area contributed by atoms with Crippen LogP contribution in [0.3, 0.4) is 0 Å². The van der Waals surface area contributed by atoms with Crippen LogP contribution in [0.2, 0.25) is 0 Å². The summed E-state index contributed by atoms with van der Waals surface area (Å²) in [6, 6.07) is 0. The van der Waals surface area contributed by atoms with E-state index < -0.39 is 5.91 Å². The number of aromatic nitrogens is 1. The van der Waals surface area contributed by atoms with Crippen LogP contribution in [0.15, 0.2) is 10.7 Å². The number of nitrogens with two attached hydrogens (primary N) is 1. The normalized spacial score (nSPS) is 9.86. The molecular weight excluding hydrogens is 252 g/mol. The molecule has 14 heavy (non-hydrogen) atoms. The van der Waals surface area contributed by atoms with Crippen molar-refractivity contribution in [3.05, 3.63) is 16.4 Å². The zero-order chi connectivity index (χ0) is 10.7. The molecule has 0 unspecified atom stereocenters. The predicted octanol–water partition coefficient (Wildman–Crippen LogP) is 0.722. The first kappa shape index (κ1) is 10.8. The minimum Gasteiger partial charge on any atom is -0.503 e. The third-order valence-corrected chi connectivity index (χ3v) is 2.08. The molecule has 6 heteroatoms. The molecule has 1 rings (SSSR count). The number of carbonyl (C=O) groups is 1. The van der Waals surface area contributed by atoms with E-state index in [0.717, 1.165) is 0 Å². The molecule has 5 nitrogen and oxygen atoms in total. The van der Waals surface area contributed by atoms with E-state index in [1.807, 2.05) is 0 Å². The largest absolute Gasteiger partial charge is 0.503 e. The van der Waals surface area contributed by atoms with Gasteiger partial charge in [0, 0.05) is 6.20 Å². The molecule has 0 saturated carbocycles. The second kappa shape index (κ2) is 4.28. The van der Waals surface area contributed by atoms with Crippen LogP contribution in [-0.2, 0) is 4.79 Å². The van der Waals surface area contributed by atoms with Crippen LogP contribution in [0, 0.1) is 6.92 Å². The first-order valence-electron chi connectivity index (χ1n) is 3.77. The quantitative estimate of drug-likeness (QED) is 0.839. The maximum Gasteiger partial charge on any atom is 0.255 e. The van der Waals surface area contributed by atoms with E-state index in [9.17, 15) is 9.90 Å². The molecule has 1 amide bonds. The molecule has 0 saturated heterocycles. The highest BCUT2D eigenvalue weighted by atomic mass is 79.9. The number of hydrogen-bond acceptors (Lipinski definition) is 4. The molecule has 76 valence electrons. The van der Waals surface area contributed by atoms with Gasteiger partial charge in [-0.1, -0.05) is 0 Å². The number of rotatable bonds is 3. The monoisotopic (exact) mass is 260 g/mol. The van der Waals surface area contributed by atoms with E-state index in [1.54, 1.807) is 6.92 Å². The van der Waals surface area contributed by atoms with Crippen LogP contribution in [-0.4, -0.2) is 22.6 Å². The number of aryl methyl sites for hydroxylation is 1. The average Bonchev–Trinajstić information content (AvgIpc) is 2.11. The van der Waals surface area contributed by atoms with E-state index in [0.29, 0.717) is 10.2 Å². The van der Waals surface area contributed by atoms with E-state index in [2.05, 4.69) is 20.9 Å². The Bertz CT molecular complexity index is 368. The lowest BCUT2D eigenvalue weighted by atomic mass is 10.3. The maximum atomic E-state index is 10.5. The Balaban J connectivity index is 2.95. The van der Waals surface area contributed by atoms with Gasteiger partial charge in [0.15, 0.2) is 18.1 Å². The third-order valence-electron chi connectivity index (χ3n) is 1.50. The van der Waals surface area contributed by atoms with Gasteiger partial charge in [0.1, 0.15) is 0 Å². The average molecular weight is 261 g/mol. The Labute approximate surface area is 89.0 Å². The van der Waals surface area contributed by atoms with Crippen molar-refractivity contribution in [1.82, 2.24) is 4.98 Å². The molecule has 0 fully saturated rings. The van der Waals surface area contributed by atoms with Crippen molar-refractivity contribution < 1.29 is 14.6 Å². The van der Waals surface area contributed by atoms with Crippen molar-refractivity contribution in [3.8, 4) is 11.5 Å².